The van der Waals surface area contributed by atoms with Crippen LogP contribution in [0.15, 0.2) is 59.6 Å². The van der Waals surface area contributed by atoms with Crippen LogP contribution in [-0.4, -0.2) is 31.1 Å². The van der Waals surface area contributed by atoms with Crippen molar-refractivity contribution in [2.24, 2.45) is 4.99 Å². The molecule has 130 valence electrons. The highest BCUT2D eigenvalue weighted by Crippen LogP contribution is 2.13. The fourth-order valence-electron chi connectivity index (χ4n) is 2.53. The Labute approximate surface area is 145 Å². The van der Waals surface area contributed by atoms with Gasteiger partial charge >= 0.3 is 0 Å². The van der Waals surface area contributed by atoms with E-state index in [0.717, 1.165) is 19.4 Å². The molecule has 6 heteroatoms. The second-order valence-electron chi connectivity index (χ2n) is 5.78. The zero-order valence-corrected chi connectivity index (χ0v) is 13.7. The number of nitrogens with zero attached hydrogens (tertiary/aromatic N) is 1. The molecule has 1 heterocycles. The Balaban J connectivity index is 1.71. The quantitative estimate of drug-likeness (QED) is 0.663. The van der Waals surface area contributed by atoms with Gasteiger partial charge in [0, 0.05) is 17.9 Å². The fraction of sp³-hybridized carbons (Fsp3) is 0.263. The fourth-order valence-corrected chi connectivity index (χ4v) is 2.53. The molecule has 2 aromatic carbocycles. The molecule has 3 rings (SSSR count). The number of aliphatic imine (C=N–C) groups is 1. The predicted molar refractivity (Wildman–Crippen MR) is 95.2 cm³/mol. The van der Waals surface area contributed by atoms with Crippen molar-refractivity contribution in [2.45, 2.75) is 18.9 Å². The van der Waals surface area contributed by atoms with Gasteiger partial charge in [0.1, 0.15) is 5.82 Å². The lowest BCUT2D eigenvalue weighted by atomic mass is 10.2. The number of hydrogen-bond acceptors (Lipinski definition) is 3. The average molecular weight is 341 g/mol. The lowest BCUT2D eigenvalue weighted by Crippen LogP contribution is -2.36. The molecule has 1 fully saturated rings. The minimum absolute atomic E-state index is 0.0682. The van der Waals surface area contributed by atoms with Crippen LogP contribution in [0.25, 0.3) is 0 Å². The van der Waals surface area contributed by atoms with Crippen LogP contribution in [0, 0.1) is 5.82 Å². The molecule has 1 unspecified atom stereocenters. The molecule has 0 aromatic heterocycles. The van der Waals surface area contributed by atoms with Crippen LogP contribution in [-0.2, 0) is 4.74 Å². The maximum Gasteiger partial charge on any atom is 0.257 e. The van der Waals surface area contributed by atoms with Gasteiger partial charge in [-0.25, -0.2) is 9.38 Å². The van der Waals surface area contributed by atoms with Gasteiger partial charge in [-0.05, 0) is 49.2 Å². The zero-order chi connectivity index (χ0) is 17.5. The molecule has 0 spiro atoms. The zero-order valence-electron chi connectivity index (χ0n) is 13.7. The van der Waals surface area contributed by atoms with Gasteiger partial charge in [0.15, 0.2) is 0 Å². The summed E-state index contributed by atoms with van der Waals surface area (Å²) in [6.07, 6.45) is 2.05. The molecular weight excluding hydrogens is 321 g/mol. The Hall–Kier alpha value is -2.73. The third-order valence-corrected chi connectivity index (χ3v) is 3.85. The molecule has 0 saturated carbocycles. The van der Waals surface area contributed by atoms with Crippen molar-refractivity contribution in [3.63, 3.8) is 0 Å². The normalized spacial score (nSPS) is 17.3. The van der Waals surface area contributed by atoms with Crippen molar-refractivity contribution in [2.75, 3.05) is 18.5 Å². The summed E-state index contributed by atoms with van der Waals surface area (Å²) >= 11 is 0. The standard InChI is InChI=1S/C19H20FN3O2/c20-15-8-10-16(11-9-15)22-19(21-13-17-7-4-12-25-17)23-18(24)14-5-2-1-3-6-14/h1-3,5-6,8-11,17H,4,7,12-13H2,(H2,21,22,23,24). The molecule has 2 N–H and O–H groups in total. The van der Waals surface area contributed by atoms with Crippen LogP contribution in [0.2, 0.25) is 0 Å². The van der Waals surface area contributed by atoms with Gasteiger partial charge in [-0.15, -0.1) is 0 Å². The molecule has 1 amide bonds. The predicted octanol–water partition coefficient (Wildman–Crippen LogP) is 3.20. The van der Waals surface area contributed by atoms with Crippen molar-refractivity contribution in [1.29, 1.82) is 0 Å². The van der Waals surface area contributed by atoms with E-state index in [9.17, 15) is 9.18 Å². The number of nitrogens with one attached hydrogen (secondary N) is 2. The maximum atomic E-state index is 13.1. The smallest absolute Gasteiger partial charge is 0.257 e. The summed E-state index contributed by atoms with van der Waals surface area (Å²) in [7, 11) is 0. The summed E-state index contributed by atoms with van der Waals surface area (Å²) in [5, 5.41) is 5.80. The van der Waals surface area contributed by atoms with Crippen molar-refractivity contribution in [1.82, 2.24) is 5.32 Å². The van der Waals surface area contributed by atoms with Crippen LogP contribution in [0.1, 0.15) is 23.2 Å². The first kappa shape index (κ1) is 17.1. The van der Waals surface area contributed by atoms with Crippen LogP contribution < -0.4 is 10.6 Å². The van der Waals surface area contributed by atoms with Gasteiger partial charge in [-0.2, -0.15) is 0 Å². The highest BCUT2D eigenvalue weighted by molar-refractivity contribution is 6.09. The molecule has 0 bridgehead atoms. The lowest BCUT2D eigenvalue weighted by molar-refractivity contribution is 0.0975. The highest BCUT2D eigenvalue weighted by Gasteiger charge is 2.16. The number of guanidine groups is 1. The number of hydrogen-bond donors (Lipinski definition) is 2. The Kier molecular flexibility index (Phi) is 5.74. The number of halogens is 1. The van der Waals surface area contributed by atoms with Crippen molar-refractivity contribution < 1.29 is 13.9 Å². The molecule has 25 heavy (non-hydrogen) atoms. The van der Waals surface area contributed by atoms with Crippen LogP contribution >= 0.6 is 0 Å². The molecule has 5 nitrogen and oxygen atoms in total. The number of ether oxygens (including phenoxy) is 1. The van der Waals surface area contributed by atoms with Gasteiger partial charge in [-0.1, -0.05) is 18.2 Å². The minimum Gasteiger partial charge on any atom is -0.376 e. The first-order valence-electron chi connectivity index (χ1n) is 8.26. The second-order valence-corrected chi connectivity index (χ2v) is 5.78. The topological polar surface area (TPSA) is 62.7 Å². The van der Waals surface area contributed by atoms with E-state index >= 15 is 0 Å². The van der Waals surface area contributed by atoms with Gasteiger partial charge < -0.3 is 10.1 Å². The van der Waals surface area contributed by atoms with E-state index in [0.29, 0.717) is 23.8 Å². The van der Waals surface area contributed by atoms with Crippen LogP contribution in [0.3, 0.4) is 0 Å². The van der Waals surface area contributed by atoms with Gasteiger partial charge in [0.05, 0.1) is 12.6 Å². The Morgan fingerprint density at radius 3 is 2.60 bits per heavy atom. The molecule has 0 radical (unpaired) electrons. The Morgan fingerprint density at radius 2 is 1.92 bits per heavy atom. The molecule has 1 saturated heterocycles. The Bertz CT molecular complexity index is 726. The third kappa shape index (κ3) is 5.12. The molecule has 0 aliphatic carbocycles. The third-order valence-electron chi connectivity index (χ3n) is 3.85. The Morgan fingerprint density at radius 1 is 1.16 bits per heavy atom. The molecule has 1 atom stereocenters. The first-order valence-corrected chi connectivity index (χ1v) is 8.26. The number of anilines is 1. The molecule has 1 aliphatic heterocycles. The largest absolute Gasteiger partial charge is 0.376 e. The highest BCUT2D eigenvalue weighted by atomic mass is 19.1. The van der Waals surface area contributed by atoms with E-state index in [1.165, 1.54) is 12.1 Å². The van der Waals surface area contributed by atoms with Crippen molar-refractivity contribution in [3.8, 4) is 0 Å². The van der Waals surface area contributed by atoms with E-state index in [-0.39, 0.29) is 17.8 Å². The van der Waals surface area contributed by atoms with E-state index in [2.05, 4.69) is 15.6 Å². The number of benzene rings is 2. The summed E-state index contributed by atoms with van der Waals surface area (Å²) in [5.74, 6) is -0.269. The minimum atomic E-state index is -0.322. The summed E-state index contributed by atoms with van der Waals surface area (Å²) in [6.45, 7) is 1.20. The number of rotatable bonds is 4. The average Bonchev–Trinajstić information content (AvgIpc) is 3.16. The van der Waals surface area contributed by atoms with Crippen LogP contribution in [0.5, 0.6) is 0 Å². The lowest BCUT2D eigenvalue weighted by Gasteiger charge is -2.13. The van der Waals surface area contributed by atoms with Gasteiger partial charge in [0.2, 0.25) is 5.96 Å². The first-order chi connectivity index (χ1) is 12.2. The summed E-state index contributed by atoms with van der Waals surface area (Å²) in [5.41, 5.74) is 1.18. The number of carbonyl (C=O) groups is 1. The molecule has 1 aliphatic rings. The number of carbonyl (C=O) groups excluding carboxylic acids is 1. The van der Waals surface area contributed by atoms with Crippen molar-refractivity contribution >= 4 is 17.6 Å². The SMILES string of the molecule is O=C(NC(=NCC1CCCO1)Nc1ccc(F)cc1)c1ccccc1. The summed E-state index contributed by atoms with van der Waals surface area (Å²) in [6, 6.07) is 14.8. The molecule has 2 aromatic rings. The maximum absolute atomic E-state index is 13.1. The van der Waals surface area contributed by atoms with E-state index in [1.807, 2.05) is 6.07 Å². The summed E-state index contributed by atoms with van der Waals surface area (Å²) < 4.78 is 18.6. The second kappa shape index (κ2) is 8.39. The van der Waals surface area contributed by atoms with Gasteiger partial charge in [-0.3, -0.25) is 10.1 Å². The van der Waals surface area contributed by atoms with Crippen molar-refractivity contribution in [3.05, 3.63) is 66.0 Å². The van der Waals surface area contributed by atoms with E-state index in [4.69, 9.17) is 4.74 Å². The molecular formula is C19H20FN3O2. The van der Waals surface area contributed by atoms with E-state index < -0.39 is 0 Å². The van der Waals surface area contributed by atoms with Crippen LogP contribution in [0.4, 0.5) is 10.1 Å². The summed E-state index contributed by atoms with van der Waals surface area (Å²) in [4.78, 5) is 16.8. The number of amides is 1. The van der Waals surface area contributed by atoms with Gasteiger partial charge in [0.25, 0.3) is 5.91 Å². The monoisotopic (exact) mass is 341 g/mol. The van der Waals surface area contributed by atoms with E-state index in [1.54, 1.807) is 36.4 Å².